The van der Waals surface area contributed by atoms with E-state index in [0.29, 0.717) is 0 Å². The Hall–Kier alpha value is -3.42. The molecule has 0 aliphatic rings. The number of hydrogen-bond donors (Lipinski definition) is 3. The third-order valence-electron chi connectivity index (χ3n) is 4.43. The molecular formula is C22H25FN2O5. The number of carbonyl (C=O) groups is 3. The Bertz CT molecular complexity index is 873. The lowest BCUT2D eigenvalue weighted by atomic mass is 10.0. The predicted molar refractivity (Wildman–Crippen MR) is 108 cm³/mol. The maximum atomic E-state index is 13.9. The largest absolute Gasteiger partial charge is 0.480 e. The first-order valence-corrected chi connectivity index (χ1v) is 9.51. The number of carboxylic acids is 1. The highest BCUT2D eigenvalue weighted by molar-refractivity contribution is 5.89. The molecule has 2 atom stereocenters. The normalized spacial score (nSPS) is 12.7. The van der Waals surface area contributed by atoms with Crippen LogP contribution in [-0.4, -0.2) is 35.2 Å². The molecule has 160 valence electrons. The minimum Gasteiger partial charge on any atom is -0.480 e. The molecule has 0 radical (unpaired) electrons. The lowest BCUT2D eigenvalue weighted by Crippen LogP contribution is -2.54. The summed E-state index contributed by atoms with van der Waals surface area (Å²) in [7, 11) is 0. The van der Waals surface area contributed by atoms with E-state index in [4.69, 9.17) is 4.74 Å². The molecule has 0 aliphatic carbocycles. The number of rotatable bonds is 9. The van der Waals surface area contributed by atoms with Crippen molar-refractivity contribution in [2.75, 3.05) is 0 Å². The van der Waals surface area contributed by atoms with Crippen molar-refractivity contribution in [3.63, 3.8) is 0 Å². The SMILES string of the molecule is CC(C)[C@H](NC(=O)OCc1ccccc1)C(=O)N[C@@H](Cc1ccccc1F)C(=O)O. The highest BCUT2D eigenvalue weighted by Crippen LogP contribution is 2.11. The van der Waals surface area contributed by atoms with Gasteiger partial charge in [0, 0.05) is 6.42 Å². The zero-order valence-electron chi connectivity index (χ0n) is 16.8. The molecule has 8 heteroatoms. The third kappa shape index (κ3) is 6.88. The molecule has 2 amide bonds. The van der Waals surface area contributed by atoms with Gasteiger partial charge in [0.1, 0.15) is 24.5 Å². The quantitative estimate of drug-likeness (QED) is 0.583. The molecule has 2 rings (SSSR count). The van der Waals surface area contributed by atoms with Gasteiger partial charge in [-0.25, -0.2) is 14.0 Å². The summed E-state index contributed by atoms with van der Waals surface area (Å²) < 4.78 is 19.0. The van der Waals surface area contributed by atoms with Crippen LogP contribution in [0.5, 0.6) is 0 Å². The van der Waals surface area contributed by atoms with Gasteiger partial charge in [0.15, 0.2) is 0 Å². The number of nitrogens with one attached hydrogen (secondary N) is 2. The van der Waals surface area contributed by atoms with E-state index in [-0.39, 0.29) is 24.5 Å². The second kappa shape index (κ2) is 10.9. The van der Waals surface area contributed by atoms with Gasteiger partial charge in [-0.2, -0.15) is 0 Å². The molecule has 0 saturated carbocycles. The molecular weight excluding hydrogens is 391 g/mol. The van der Waals surface area contributed by atoms with Crippen LogP contribution in [0.15, 0.2) is 54.6 Å². The predicted octanol–water partition coefficient (Wildman–Crippen LogP) is 2.89. The highest BCUT2D eigenvalue weighted by atomic mass is 19.1. The first kappa shape index (κ1) is 22.9. The smallest absolute Gasteiger partial charge is 0.408 e. The molecule has 0 bridgehead atoms. The molecule has 0 aromatic heterocycles. The minimum absolute atomic E-state index is 0.0319. The molecule has 0 saturated heterocycles. The number of benzene rings is 2. The van der Waals surface area contributed by atoms with E-state index in [1.54, 1.807) is 32.0 Å². The maximum Gasteiger partial charge on any atom is 0.408 e. The van der Waals surface area contributed by atoms with Crippen LogP contribution in [0, 0.1) is 11.7 Å². The topological polar surface area (TPSA) is 105 Å². The molecule has 0 aliphatic heterocycles. The summed E-state index contributed by atoms with van der Waals surface area (Å²) in [5.41, 5.74) is 0.954. The van der Waals surface area contributed by atoms with Crippen LogP contribution in [0.1, 0.15) is 25.0 Å². The van der Waals surface area contributed by atoms with Gasteiger partial charge in [-0.05, 0) is 23.1 Å². The molecule has 0 unspecified atom stereocenters. The van der Waals surface area contributed by atoms with Crippen LogP contribution in [0.25, 0.3) is 0 Å². The molecule has 2 aromatic carbocycles. The number of ether oxygens (including phenoxy) is 1. The third-order valence-corrected chi connectivity index (χ3v) is 4.43. The number of amides is 2. The summed E-state index contributed by atoms with van der Waals surface area (Å²) in [6.45, 7) is 3.44. The van der Waals surface area contributed by atoms with E-state index >= 15 is 0 Å². The zero-order chi connectivity index (χ0) is 22.1. The molecule has 7 nitrogen and oxygen atoms in total. The second-order valence-electron chi connectivity index (χ2n) is 7.12. The monoisotopic (exact) mass is 416 g/mol. The summed E-state index contributed by atoms with van der Waals surface area (Å²) in [4.78, 5) is 36.3. The molecule has 3 N–H and O–H groups in total. The first-order valence-electron chi connectivity index (χ1n) is 9.51. The molecule has 2 aromatic rings. The van der Waals surface area contributed by atoms with E-state index in [2.05, 4.69) is 10.6 Å². The van der Waals surface area contributed by atoms with E-state index in [0.717, 1.165) is 5.56 Å². The molecule has 0 heterocycles. The summed E-state index contributed by atoms with van der Waals surface area (Å²) >= 11 is 0. The van der Waals surface area contributed by atoms with Gasteiger partial charge in [-0.15, -0.1) is 0 Å². The number of carbonyl (C=O) groups excluding carboxylic acids is 2. The van der Waals surface area contributed by atoms with E-state index in [9.17, 15) is 23.9 Å². The number of halogens is 1. The van der Waals surface area contributed by atoms with Crippen LogP contribution in [0.4, 0.5) is 9.18 Å². The maximum absolute atomic E-state index is 13.9. The Morgan fingerprint density at radius 2 is 1.63 bits per heavy atom. The fraction of sp³-hybridized carbons (Fsp3) is 0.318. The van der Waals surface area contributed by atoms with Gasteiger partial charge in [0.25, 0.3) is 0 Å². The Morgan fingerprint density at radius 3 is 2.23 bits per heavy atom. The summed E-state index contributed by atoms with van der Waals surface area (Å²) in [6, 6.07) is 12.4. The van der Waals surface area contributed by atoms with Crippen LogP contribution >= 0.6 is 0 Å². The van der Waals surface area contributed by atoms with Gasteiger partial charge in [0.2, 0.25) is 5.91 Å². The summed E-state index contributed by atoms with van der Waals surface area (Å²) in [5.74, 6) is -2.88. The van der Waals surface area contributed by atoms with Gasteiger partial charge < -0.3 is 20.5 Å². The lowest BCUT2D eigenvalue weighted by Gasteiger charge is -2.24. The number of hydrogen-bond acceptors (Lipinski definition) is 4. The lowest BCUT2D eigenvalue weighted by molar-refractivity contribution is -0.142. The fourth-order valence-electron chi connectivity index (χ4n) is 2.77. The molecule has 0 spiro atoms. The Morgan fingerprint density at radius 1 is 1.00 bits per heavy atom. The first-order chi connectivity index (χ1) is 14.3. The fourth-order valence-corrected chi connectivity index (χ4v) is 2.77. The van der Waals surface area contributed by atoms with Crippen molar-refractivity contribution in [1.29, 1.82) is 0 Å². The Balaban J connectivity index is 1.99. The van der Waals surface area contributed by atoms with Gasteiger partial charge in [0.05, 0.1) is 0 Å². The van der Waals surface area contributed by atoms with Crippen LogP contribution < -0.4 is 10.6 Å². The Labute approximate surface area is 174 Å². The standard InChI is InChI=1S/C22H25FN2O5/c1-14(2)19(25-22(29)30-13-15-8-4-3-5-9-15)20(26)24-18(21(27)28)12-16-10-6-7-11-17(16)23/h3-11,14,18-19H,12-13H2,1-2H3,(H,24,26)(H,25,29)(H,27,28)/t18-,19-/m0/s1. The Kier molecular flexibility index (Phi) is 8.34. The highest BCUT2D eigenvalue weighted by Gasteiger charge is 2.29. The van der Waals surface area contributed by atoms with Crippen molar-refractivity contribution >= 4 is 18.0 Å². The van der Waals surface area contributed by atoms with Crippen molar-refractivity contribution < 1.29 is 28.6 Å². The van der Waals surface area contributed by atoms with Gasteiger partial charge in [-0.3, -0.25) is 4.79 Å². The van der Waals surface area contributed by atoms with Gasteiger partial charge >= 0.3 is 12.1 Å². The number of alkyl carbamates (subject to hydrolysis) is 1. The minimum atomic E-state index is -1.35. The van der Waals surface area contributed by atoms with E-state index in [1.807, 2.05) is 18.2 Å². The van der Waals surface area contributed by atoms with Gasteiger partial charge in [-0.1, -0.05) is 62.4 Å². The number of carboxylic acid groups (broad SMARTS) is 1. The van der Waals surface area contributed by atoms with Crippen LogP contribution in [0.3, 0.4) is 0 Å². The number of aliphatic carboxylic acids is 1. The summed E-state index contributed by atoms with van der Waals surface area (Å²) in [5, 5.41) is 14.3. The average Bonchev–Trinajstić information content (AvgIpc) is 2.71. The molecule has 0 fully saturated rings. The van der Waals surface area contributed by atoms with Crippen LogP contribution in [-0.2, 0) is 27.4 Å². The van der Waals surface area contributed by atoms with Crippen molar-refractivity contribution in [3.8, 4) is 0 Å². The second-order valence-corrected chi connectivity index (χ2v) is 7.12. The summed E-state index contributed by atoms with van der Waals surface area (Å²) in [6.07, 6.45) is -1.02. The van der Waals surface area contributed by atoms with Crippen molar-refractivity contribution in [1.82, 2.24) is 10.6 Å². The van der Waals surface area contributed by atoms with E-state index < -0.39 is 35.9 Å². The average molecular weight is 416 g/mol. The van der Waals surface area contributed by atoms with Crippen molar-refractivity contribution in [3.05, 3.63) is 71.5 Å². The zero-order valence-corrected chi connectivity index (χ0v) is 16.8. The van der Waals surface area contributed by atoms with Crippen molar-refractivity contribution in [2.45, 2.75) is 39.0 Å². The van der Waals surface area contributed by atoms with Crippen molar-refractivity contribution in [2.24, 2.45) is 5.92 Å². The molecule has 30 heavy (non-hydrogen) atoms. The van der Waals surface area contributed by atoms with E-state index in [1.165, 1.54) is 18.2 Å². The van der Waals surface area contributed by atoms with Crippen LogP contribution in [0.2, 0.25) is 0 Å².